The molecule has 2 N–H and O–H groups in total. The lowest BCUT2D eigenvalue weighted by atomic mass is 10.1. The van der Waals surface area contributed by atoms with E-state index in [0.717, 1.165) is 10.5 Å². The molecule has 0 bridgehead atoms. The summed E-state index contributed by atoms with van der Waals surface area (Å²) >= 11 is 1.70. The van der Waals surface area contributed by atoms with Gasteiger partial charge in [-0.2, -0.15) is 0 Å². The number of hydrogen-bond acceptors (Lipinski definition) is 3. The molecule has 0 fully saturated rings. The van der Waals surface area contributed by atoms with Crippen LogP contribution in [0, 0.1) is 13.8 Å². The molecule has 0 aliphatic heterocycles. The molecule has 3 heteroatoms. The summed E-state index contributed by atoms with van der Waals surface area (Å²) < 4.78 is 1.27. The third-order valence-electron chi connectivity index (χ3n) is 2.04. The Morgan fingerprint density at radius 1 is 1.38 bits per heavy atom. The van der Waals surface area contributed by atoms with E-state index in [9.17, 15) is 0 Å². The SMILES string of the molecule is Cc1cc(C)c2sc(CN)nc2c1. The number of thiazole rings is 1. The highest BCUT2D eigenvalue weighted by Gasteiger charge is 2.04. The van der Waals surface area contributed by atoms with Gasteiger partial charge in [0, 0.05) is 6.54 Å². The second kappa shape index (κ2) is 3.09. The van der Waals surface area contributed by atoms with Crippen LogP contribution in [0.2, 0.25) is 0 Å². The fraction of sp³-hybridized carbons (Fsp3) is 0.300. The van der Waals surface area contributed by atoms with Gasteiger partial charge in [-0.05, 0) is 31.0 Å². The van der Waals surface area contributed by atoms with Crippen LogP contribution in [-0.2, 0) is 6.54 Å². The summed E-state index contributed by atoms with van der Waals surface area (Å²) in [5.74, 6) is 0. The van der Waals surface area contributed by atoms with E-state index in [2.05, 4.69) is 31.0 Å². The first-order valence-corrected chi connectivity index (χ1v) is 5.09. The molecule has 0 amide bonds. The molecule has 0 saturated carbocycles. The quantitative estimate of drug-likeness (QED) is 0.753. The Hall–Kier alpha value is -0.930. The van der Waals surface area contributed by atoms with Gasteiger partial charge in [0.15, 0.2) is 0 Å². The van der Waals surface area contributed by atoms with Crippen molar-refractivity contribution < 1.29 is 0 Å². The molecular weight excluding hydrogens is 180 g/mol. The number of benzene rings is 1. The maximum absolute atomic E-state index is 5.55. The third kappa shape index (κ3) is 1.45. The van der Waals surface area contributed by atoms with Crippen LogP contribution in [0.3, 0.4) is 0 Å². The van der Waals surface area contributed by atoms with Crippen LogP contribution in [0.15, 0.2) is 12.1 Å². The molecule has 1 heterocycles. The Morgan fingerprint density at radius 2 is 2.15 bits per heavy atom. The molecule has 2 nitrogen and oxygen atoms in total. The third-order valence-corrected chi connectivity index (χ3v) is 3.27. The summed E-state index contributed by atoms with van der Waals surface area (Å²) in [4.78, 5) is 4.45. The molecule has 0 saturated heterocycles. The standard InChI is InChI=1S/C10H12N2S/c1-6-3-7(2)10-8(4-6)12-9(5-11)13-10/h3-4H,5,11H2,1-2H3. The van der Waals surface area contributed by atoms with Crippen molar-refractivity contribution in [3.05, 3.63) is 28.3 Å². The van der Waals surface area contributed by atoms with E-state index in [1.54, 1.807) is 11.3 Å². The maximum atomic E-state index is 5.55. The van der Waals surface area contributed by atoms with E-state index in [1.807, 2.05) is 0 Å². The summed E-state index contributed by atoms with van der Waals surface area (Å²) in [6.07, 6.45) is 0. The second-order valence-electron chi connectivity index (χ2n) is 3.24. The van der Waals surface area contributed by atoms with Gasteiger partial charge in [0.25, 0.3) is 0 Å². The lowest BCUT2D eigenvalue weighted by Crippen LogP contribution is -1.93. The lowest BCUT2D eigenvalue weighted by molar-refractivity contribution is 1.05. The van der Waals surface area contributed by atoms with Crippen LogP contribution in [0.1, 0.15) is 16.1 Å². The summed E-state index contributed by atoms with van der Waals surface area (Å²) in [6.45, 7) is 4.75. The molecule has 0 atom stereocenters. The van der Waals surface area contributed by atoms with E-state index in [0.29, 0.717) is 6.54 Å². The Balaban J connectivity index is 2.75. The first-order valence-electron chi connectivity index (χ1n) is 4.27. The normalized spacial score (nSPS) is 11.0. The number of nitrogens with zero attached hydrogens (tertiary/aromatic N) is 1. The molecule has 2 rings (SSSR count). The topological polar surface area (TPSA) is 38.9 Å². The second-order valence-corrected chi connectivity index (χ2v) is 4.33. The summed E-state index contributed by atoms with van der Waals surface area (Å²) in [6, 6.07) is 4.29. The fourth-order valence-corrected chi connectivity index (χ4v) is 2.40. The Labute approximate surface area is 81.4 Å². The van der Waals surface area contributed by atoms with Crippen LogP contribution in [0.5, 0.6) is 0 Å². The first kappa shape index (κ1) is 8.66. The number of rotatable bonds is 1. The monoisotopic (exact) mass is 192 g/mol. The number of fused-ring (bicyclic) bond motifs is 1. The zero-order valence-corrected chi connectivity index (χ0v) is 8.61. The zero-order chi connectivity index (χ0) is 9.42. The van der Waals surface area contributed by atoms with Crippen molar-refractivity contribution in [3.63, 3.8) is 0 Å². The van der Waals surface area contributed by atoms with E-state index >= 15 is 0 Å². The average Bonchev–Trinajstić information content (AvgIpc) is 2.47. The zero-order valence-electron chi connectivity index (χ0n) is 7.79. The predicted octanol–water partition coefficient (Wildman–Crippen LogP) is 2.37. The van der Waals surface area contributed by atoms with Crippen LogP contribution < -0.4 is 5.73 Å². The molecule has 1 aromatic heterocycles. The van der Waals surface area contributed by atoms with Gasteiger partial charge in [0.05, 0.1) is 10.2 Å². The number of aromatic nitrogens is 1. The molecule has 2 aromatic rings. The molecule has 0 aliphatic carbocycles. The van der Waals surface area contributed by atoms with Gasteiger partial charge < -0.3 is 5.73 Å². The fourth-order valence-electron chi connectivity index (χ4n) is 1.51. The molecule has 68 valence electrons. The van der Waals surface area contributed by atoms with Crippen molar-refractivity contribution in [1.29, 1.82) is 0 Å². The number of hydrogen-bond donors (Lipinski definition) is 1. The van der Waals surface area contributed by atoms with Gasteiger partial charge >= 0.3 is 0 Å². The van der Waals surface area contributed by atoms with Crippen molar-refractivity contribution in [2.75, 3.05) is 0 Å². The Morgan fingerprint density at radius 3 is 2.85 bits per heavy atom. The van der Waals surface area contributed by atoms with Crippen LogP contribution in [0.4, 0.5) is 0 Å². The van der Waals surface area contributed by atoms with Crippen molar-refractivity contribution in [1.82, 2.24) is 4.98 Å². The van der Waals surface area contributed by atoms with Gasteiger partial charge in [-0.3, -0.25) is 0 Å². The minimum atomic E-state index is 0.540. The highest BCUT2D eigenvalue weighted by molar-refractivity contribution is 7.18. The molecule has 0 spiro atoms. The van der Waals surface area contributed by atoms with Gasteiger partial charge in [0.2, 0.25) is 0 Å². The van der Waals surface area contributed by atoms with Crippen LogP contribution >= 0.6 is 11.3 Å². The van der Waals surface area contributed by atoms with E-state index < -0.39 is 0 Å². The summed E-state index contributed by atoms with van der Waals surface area (Å²) in [7, 11) is 0. The number of aryl methyl sites for hydroxylation is 2. The molecule has 0 aliphatic rings. The maximum Gasteiger partial charge on any atom is 0.107 e. The minimum Gasteiger partial charge on any atom is -0.325 e. The number of nitrogens with two attached hydrogens (primary N) is 1. The first-order chi connectivity index (χ1) is 6.20. The highest BCUT2D eigenvalue weighted by atomic mass is 32.1. The summed E-state index contributed by atoms with van der Waals surface area (Å²) in [5, 5.41) is 1.02. The smallest absolute Gasteiger partial charge is 0.107 e. The van der Waals surface area contributed by atoms with Gasteiger partial charge in [-0.15, -0.1) is 11.3 Å². The predicted molar refractivity (Wildman–Crippen MR) is 57.0 cm³/mol. The molecule has 1 aromatic carbocycles. The van der Waals surface area contributed by atoms with E-state index in [4.69, 9.17) is 5.73 Å². The van der Waals surface area contributed by atoms with E-state index in [-0.39, 0.29) is 0 Å². The lowest BCUT2D eigenvalue weighted by Gasteiger charge is -1.95. The van der Waals surface area contributed by atoms with E-state index in [1.165, 1.54) is 15.8 Å². The molecule has 13 heavy (non-hydrogen) atoms. The molecule has 0 unspecified atom stereocenters. The van der Waals surface area contributed by atoms with Gasteiger partial charge in [0.1, 0.15) is 5.01 Å². The Bertz CT molecular complexity index is 445. The molecular formula is C10H12N2S. The van der Waals surface area contributed by atoms with Crippen LogP contribution in [0.25, 0.3) is 10.2 Å². The summed E-state index contributed by atoms with van der Waals surface area (Å²) in [5.41, 5.74) is 9.20. The minimum absolute atomic E-state index is 0.540. The van der Waals surface area contributed by atoms with Crippen LogP contribution in [-0.4, -0.2) is 4.98 Å². The molecule has 0 radical (unpaired) electrons. The average molecular weight is 192 g/mol. The van der Waals surface area contributed by atoms with Crippen molar-refractivity contribution in [3.8, 4) is 0 Å². The largest absolute Gasteiger partial charge is 0.325 e. The highest BCUT2D eigenvalue weighted by Crippen LogP contribution is 2.26. The van der Waals surface area contributed by atoms with Crippen molar-refractivity contribution in [2.24, 2.45) is 5.73 Å². The van der Waals surface area contributed by atoms with Gasteiger partial charge in [-0.25, -0.2) is 4.98 Å². The van der Waals surface area contributed by atoms with Gasteiger partial charge in [-0.1, -0.05) is 6.07 Å². The Kier molecular flexibility index (Phi) is 2.06. The van der Waals surface area contributed by atoms with Crippen molar-refractivity contribution >= 4 is 21.6 Å². The van der Waals surface area contributed by atoms with Crippen molar-refractivity contribution in [2.45, 2.75) is 20.4 Å².